The lowest BCUT2D eigenvalue weighted by Crippen LogP contribution is -2.45. The van der Waals surface area contributed by atoms with Gasteiger partial charge >= 0.3 is 6.09 Å². The molecule has 1 N–H and O–H groups in total. The van der Waals surface area contributed by atoms with Gasteiger partial charge in [0.1, 0.15) is 12.4 Å². The molecule has 0 radical (unpaired) electrons. The Balaban J connectivity index is 2.58. The highest BCUT2D eigenvalue weighted by molar-refractivity contribution is 5.69. The molecular weight excluding hydrogens is 238 g/mol. The monoisotopic (exact) mass is 261 g/mol. The molecule has 1 saturated heterocycles. The van der Waals surface area contributed by atoms with Crippen molar-refractivity contribution in [3.05, 3.63) is 0 Å². The van der Waals surface area contributed by atoms with E-state index in [0.29, 0.717) is 13.0 Å². The minimum Gasteiger partial charge on any atom is -0.444 e. The third-order valence-electron chi connectivity index (χ3n) is 2.70. The molecule has 1 aliphatic heterocycles. The van der Waals surface area contributed by atoms with E-state index in [1.807, 2.05) is 20.8 Å². The first-order valence-electron chi connectivity index (χ1n) is 6.10. The van der Waals surface area contributed by atoms with E-state index >= 15 is 0 Å². The molecule has 1 aliphatic rings. The molecule has 0 bridgehead atoms. The predicted octanol–water partition coefficient (Wildman–Crippen LogP) is 0.977. The van der Waals surface area contributed by atoms with Gasteiger partial charge in [-0.25, -0.2) is 4.79 Å². The molecule has 0 aliphatic carbocycles. The standard InChI is InChI=1S/C12H23NO5/c1-12(2,3)18-11(15)13-6-5-10(9(13)7-14)17-8-16-4/h9-10,14H,5-8H2,1-4H3/t9-,10-/m0/s1. The van der Waals surface area contributed by atoms with Gasteiger partial charge in [0, 0.05) is 13.7 Å². The number of amides is 1. The molecule has 1 amide bonds. The Morgan fingerprint density at radius 2 is 2.11 bits per heavy atom. The summed E-state index contributed by atoms with van der Waals surface area (Å²) in [6.45, 7) is 5.97. The number of carbonyl (C=O) groups excluding carboxylic acids is 1. The summed E-state index contributed by atoms with van der Waals surface area (Å²) in [5.74, 6) is 0. The normalized spacial score (nSPS) is 24.4. The van der Waals surface area contributed by atoms with Crippen LogP contribution in [0.25, 0.3) is 0 Å². The number of rotatable bonds is 4. The van der Waals surface area contributed by atoms with Crippen molar-refractivity contribution in [3.8, 4) is 0 Å². The van der Waals surface area contributed by atoms with E-state index < -0.39 is 11.7 Å². The maximum atomic E-state index is 12.0. The first-order valence-corrected chi connectivity index (χ1v) is 6.10. The van der Waals surface area contributed by atoms with E-state index in [0.717, 1.165) is 0 Å². The van der Waals surface area contributed by atoms with Crippen LogP contribution in [0, 0.1) is 0 Å². The maximum absolute atomic E-state index is 12.0. The van der Waals surface area contributed by atoms with Crippen molar-refractivity contribution >= 4 is 6.09 Å². The van der Waals surface area contributed by atoms with E-state index in [2.05, 4.69) is 0 Å². The van der Waals surface area contributed by atoms with Crippen LogP contribution in [-0.2, 0) is 14.2 Å². The number of likely N-dealkylation sites (tertiary alicyclic amines) is 1. The Hall–Kier alpha value is -0.850. The SMILES string of the molecule is COCO[C@H]1CCN(C(=O)OC(C)(C)C)[C@H]1CO. The quantitative estimate of drug-likeness (QED) is 0.764. The Morgan fingerprint density at radius 3 is 2.61 bits per heavy atom. The van der Waals surface area contributed by atoms with Gasteiger partial charge in [-0.1, -0.05) is 0 Å². The molecule has 0 aromatic heterocycles. The van der Waals surface area contributed by atoms with Crippen LogP contribution in [0.5, 0.6) is 0 Å². The van der Waals surface area contributed by atoms with E-state index in [1.165, 1.54) is 12.0 Å². The molecule has 0 aromatic rings. The van der Waals surface area contributed by atoms with E-state index in [4.69, 9.17) is 14.2 Å². The highest BCUT2D eigenvalue weighted by Crippen LogP contribution is 2.23. The third-order valence-corrected chi connectivity index (χ3v) is 2.70. The van der Waals surface area contributed by atoms with E-state index in [9.17, 15) is 9.90 Å². The van der Waals surface area contributed by atoms with Crippen molar-refractivity contribution < 1.29 is 24.1 Å². The Labute approximate surface area is 108 Å². The maximum Gasteiger partial charge on any atom is 0.410 e. The van der Waals surface area contributed by atoms with Crippen LogP contribution in [-0.4, -0.2) is 60.9 Å². The topological polar surface area (TPSA) is 68.2 Å². The van der Waals surface area contributed by atoms with E-state index in [1.54, 1.807) is 0 Å². The number of ether oxygens (including phenoxy) is 3. The number of aliphatic hydroxyl groups is 1. The number of nitrogens with zero attached hydrogens (tertiary/aromatic N) is 1. The smallest absolute Gasteiger partial charge is 0.410 e. The van der Waals surface area contributed by atoms with Gasteiger partial charge in [0.25, 0.3) is 0 Å². The van der Waals surface area contributed by atoms with Crippen molar-refractivity contribution in [2.45, 2.75) is 44.9 Å². The summed E-state index contributed by atoms with van der Waals surface area (Å²) >= 11 is 0. The number of aliphatic hydroxyl groups excluding tert-OH is 1. The summed E-state index contributed by atoms with van der Waals surface area (Å²) < 4.78 is 15.6. The van der Waals surface area contributed by atoms with Gasteiger partial charge in [-0.2, -0.15) is 0 Å². The van der Waals surface area contributed by atoms with Crippen LogP contribution in [0.15, 0.2) is 0 Å². The predicted molar refractivity (Wildman–Crippen MR) is 65.2 cm³/mol. The largest absolute Gasteiger partial charge is 0.444 e. The molecule has 2 atom stereocenters. The molecule has 18 heavy (non-hydrogen) atoms. The van der Waals surface area contributed by atoms with Gasteiger partial charge in [-0.15, -0.1) is 0 Å². The number of hydrogen-bond donors (Lipinski definition) is 1. The lowest BCUT2D eigenvalue weighted by atomic mass is 10.2. The summed E-state index contributed by atoms with van der Waals surface area (Å²) in [4.78, 5) is 13.5. The zero-order chi connectivity index (χ0) is 13.8. The summed E-state index contributed by atoms with van der Waals surface area (Å²) in [5, 5.41) is 9.38. The molecule has 1 fully saturated rings. The molecule has 6 nitrogen and oxygen atoms in total. The Morgan fingerprint density at radius 1 is 1.44 bits per heavy atom. The number of methoxy groups -OCH3 is 1. The van der Waals surface area contributed by atoms with Crippen molar-refractivity contribution in [2.24, 2.45) is 0 Å². The third kappa shape index (κ3) is 4.12. The fraction of sp³-hybridized carbons (Fsp3) is 0.917. The second-order valence-electron chi connectivity index (χ2n) is 5.32. The van der Waals surface area contributed by atoms with E-state index in [-0.39, 0.29) is 25.5 Å². The molecule has 6 heteroatoms. The number of hydrogen-bond acceptors (Lipinski definition) is 5. The van der Waals surface area contributed by atoms with Crippen LogP contribution in [0.2, 0.25) is 0 Å². The average molecular weight is 261 g/mol. The van der Waals surface area contributed by atoms with Crippen LogP contribution in [0.4, 0.5) is 4.79 Å². The lowest BCUT2D eigenvalue weighted by molar-refractivity contribution is -0.0870. The molecule has 1 rings (SSSR count). The molecular formula is C12H23NO5. The Kier molecular flexibility index (Phi) is 5.37. The fourth-order valence-corrected chi connectivity index (χ4v) is 1.94. The summed E-state index contributed by atoms with van der Waals surface area (Å²) in [5.41, 5.74) is -0.539. The summed E-state index contributed by atoms with van der Waals surface area (Å²) in [6.07, 6.45) is 0.0564. The first kappa shape index (κ1) is 15.2. The minimum atomic E-state index is -0.539. The van der Waals surface area contributed by atoms with Gasteiger partial charge in [-0.05, 0) is 27.2 Å². The van der Waals surface area contributed by atoms with Crippen LogP contribution in [0.3, 0.4) is 0 Å². The van der Waals surface area contributed by atoms with Gasteiger partial charge in [-0.3, -0.25) is 0 Å². The second kappa shape index (κ2) is 6.36. The fourth-order valence-electron chi connectivity index (χ4n) is 1.94. The van der Waals surface area contributed by atoms with Gasteiger partial charge in [0.2, 0.25) is 0 Å². The molecule has 0 aromatic carbocycles. The van der Waals surface area contributed by atoms with Crippen LogP contribution in [0.1, 0.15) is 27.2 Å². The van der Waals surface area contributed by atoms with Crippen LogP contribution < -0.4 is 0 Å². The minimum absolute atomic E-state index is 0.145. The highest BCUT2D eigenvalue weighted by Gasteiger charge is 2.39. The lowest BCUT2D eigenvalue weighted by Gasteiger charge is -2.29. The molecule has 0 unspecified atom stereocenters. The number of carbonyl (C=O) groups is 1. The summed E-state index contributed by atoms with van der Waals surface area (Å²) in [7, 11) is 1.54. The van der Waals surface area contributed by atoms with Crippen molar-refractivity contribution in [1.29, 1.82) is 0 Å². The first-order chi connectivity index (χ1) is 8.39. The summed E-state index contributed by atoms with van der Waals surface area (Å²) in [6, 6.07) is -0.366. The molecule has 106 valence electrons. The molecule has 1 heterocycles. The average Bonchev–Trinajstić information content (AvgIpc) is 2.66. The second-order valence-corrected chi connectivity index (χ2v) is 5.32. The van der Waals surface area contributed by atoms with Crippen molar-refractivity contribution in [1.82, 2.24) is 4.90 Å². The molecule has 0 spiro atoms. The van der Waals surface area contributed by atoms with Gasteiger partial charge in [0.05, 0.1) is 18.8 Å². The Bertz CT molecular complexity index is 276. The molecule has 0 saturated carbocycles. The highest BCUT2D eigenvalue weighted by atomic mass is 16.7. The van der Waals surface area contributed by atoms with Crippen molar-refractivity contribution in [3.63, 3.8) is 0 Å². The zero-order valence-corrected chi connectivity index (χ0v) is 11.5. The zero-order valence-electron chi connectivity index (χ0n) is 11.5. The van der Waals surface area contributed by atoms with Gasteiger partial charge < -0.3 is 24.2 Å². The van der Waals surface area contributed by atoms with Crippen molar-refractivity contribution in [2.75, 3.05) is 27.1 Å². The van der Waals surface area contributed by atoms with Gasteiger partial charge in [0.15, 0.2) is 0 Å². The van der Waals surface area contributed by atoms with Crippen LogP contribution >= 0.6 is 0 Å².